The van der Waals surface area contributed by atoms with E-state index in [9.17, 15) is 28.7 Å². The fourth-order valence-corrected chi connectivity index (χ4v) is 9.24. The van der Waals surface area contributed by atoms with Crippen LogP contribution < -0.4 is 9.64 Å². The topological polar surface area (TPSA) is 104 Å². The third-order valence-electron chi connectivity index (χ3n) is 9.77. The first kappa shape index (κ1) is 31.1. The number of anilines is 1. The highest BCUT2D eigenvalue weighted by Crippen LogP contribution is 2.66. The lowest BCUT2D eigenvalue weighted by atomic mass is 9.56. The third-order valence-corrected chi connectivity index (χ3v) is 12.0. The number of halogens is 4. The zero-order valence-electron chi connectivity index (χ0n) is 24.3. The summed E-state index contributed by atoms with van der Waals surface area (Å²) in [7, 11) is 1.38. The van der Waals surface area contributed by atoms with Crippen molar-refractivity contribution in [1.82, 2.24) is 4.90 Å². The maximum atomic E-state index is 14.5. The first-order chi connectivity index (χ1) is 21.9. The van der Waals surface area contributed by atoms with Gasteiger partial charge in [-0.2, -0.15) is 0 Å². The number of phenolic OH excluding ortho intramolecular Hbond substituents is 1. The number of likely N-dealkylation sites (tertiary alicyclic amines) is 1. The molecule has 7 rings (SSSR count). The molecule has 6 atom stereocenters. The van der Waals surface area contributed by atoms with Gasteiger partial charge in [-0.25, -0.2) is 9.29 Å². The van der Waals surface area contributed by atoms with E-state index in [2.05, 4.69) is 0 Å². The Balaban J connectivity index is 1.39. The van der Waals surface area contributed by atoms with Gasteiger partial charge in [-0.05, 0) is 88.9 Å². The van der Waals surface area contributed by atoms with E-state index >= 15 is 0 Å². The summed E-state index contributed by atoms with van der Waals surface area (Å²) < 4.78 is 19.7. The minimum Gasteiger partial charge on any atom is -0.504 e. The van der Waals surface area contributed by atoms with Gasteiger partial charge in [0.25, 0.3) is 11.8 Å². The van der Waals surface area contributed by atoms with Gasteiger partial charge in [0.1, 0.15) is 5.82 Å². The van der Waals surface area contributed by atoms with Crippen LogP contribution in [0.15, 0.2) is 78.4 Å². The number of hydrogen-bond donors (Lipinski definition) is 1. The van der Waals surface area contributed by atoms with Crippen molar-refractivity contribution in [1.29, 1.82) is 0 Å². The largest absolute Gasteiger partial charge is 0.504 e. The molecule has 1 N–H and O–H groups in total. The van der Waals surface area contributed by atoms with Gasteiger partial charge in [-0.15, -0.1) is 23.2 Å². The van der Waals surface area contributed by atoms with Crippen LogP contribution in [-0.2, 0) is 25.7 Å². The molecule has 2 saturated heterocycles. The van der Waals surface area contributed by atoms with E-state index in [-0.39, 0.29) is 48.4 Å². The number of carbonyl (C=O) groups is 4. The Morgan fingerprint density at radius 1 is 0.978 bits per heavy atom. The predicted octanol–water partition coefficient (Wildman–Crippen LogP) is 5.91. The van der Waals surface area contributed by atoms with E-state index in [1.165, 1.54) is 24.1 Å². The summed E-state index contributed by atoms with van der Waals surface area (Å²) in [5.74, 6) is -6.12. The number of hydrogen-bond acceptors (Lipinski definition) is 6. The maximum absolute atomic E-state index is 14.5. The third kappa shape index (κ3) is 4.29. The number of rotatable bonds is 5. The summed E-state index contributed by atoms with van der Waals surface area (Å²) in [6.07, 6.45) is 1.88. The van der Waals surface area contributed by atoms with Crippen molar-refractivity contribution in [2.45, 2.75) is 35.1 Å². The van der Waals surface area contributed by atoms with Crippen molar-refractivity contribution in [3.05, 3.63) is 98.9 Å². The second-order valence-corrected chi connectivity index (χ2v) is 14.5. The number of nitrogens with zero attached hydrogens (tertiary/aromatic N) is 2. The number of phenols is 1. The number of alkyl halides is 2. The Labute approximate surface area is 287 Å². The number of imide groups is 2. The summed E-state index contributed by atoms with van der Waals surface area (Å²) in [5.41, 5.74) is 1.94. The molecule has 12 heteroatoms. The van der Waals surface area contributed by atoms with Crippen LogP contribution in [-0.4, -0.2) is 50.5 Å². The van der Waals surface area contributed by atoms with E-state index in [4.69, 9.17) is 27.9 Å². The minimum absolute atomic E-state index is 0.0958. The van der Waals surface area contributed by atoms with Crippen LogP contribution in [0, 0.1) is 27.1 Å². The molecule has 2 aliphatic carbocycles. The van der Waals surface area contributed by atoms with Gasteiger partial charge in [0.05, 0.1) is 34.7 Å². The Morgan fingerprint density at radius 2 is 1.67 bits per heavy atom. The first-order valence-corrected chi connectivity index (χ1v) is 16.4. The van der Waals surface area contributed by atoms with Crippen LogP contribution in [0.25, 0.3) is 0 Å². The van der Waals surface area contributed by atoms with Gasteiger partial charge in [-0.1, -0.05) is 42.0 Å². The highest BCUT2D eigenvalue weighted by atomic mass is 127. The minimum atomic E-state index is -2.09. The molecule has 46 heavy (non-hydrogen) atoms. The van der Waals surface area contributed by atoms with Crippen LogP contribution in [0.2, 0.25) is 0 Å². The molecule has 8 nitrogen and oxygen atoms in total. The van der Waals surface area contributed by atoms with Gasteiger partial charge in [0.15, 0.2) is 21.2 Å². The lowest BCUT2D eigenvalue weighted by Gasteiger charge is -2.50. The van der Waals surface area contributed by atoms with Crippen molar-refractivity contribution in [3.63, 3.8) is 0 Å². The number of fused-ring (bicyclic) bond motifs is 4. The molecular formula is C34H26Cl2FIN2O6. The van der Waals surface area contributed by atoms with Crippen molar-refractivity contribution in [3.8, 4) is 11.5 Å². The zero-order chi connectivity index (χ0) is 32.7. The lowest BCUT2D eigenvalue weighted by molar-refractivity contribution is -0.141. The van der Waals surface area contributed by atoms with Crippen LogP contribution in [0.5, 0.6) is 11.5 Å². The number of allylic oxidation sites excluding steroid dienone is 2. The second kappa shape index (κ2) is 11.1. The van der Waals surface area contributed by atoms with Gasteiger partial charge in [0.2, 0.25) is 11.8 Å². The highest BCUT2D eigenvalue weighted by Gasteiger charge is 2.76. The van der Waals surface area contributed by atoms with Crippen LogP contribution in [0.1, 0.15) is 29.9 Å². The average molecular weight is 775 g/mol. The molecule has 1 saturated carbocycles. The van der Waals surface area contributed by atoms with Gasteiger partial charge < -0.3 is 9.84 Å². The van der Waals surface area contributed by atoms with Crippen molar-refractivity contribution in [2.24, 2.45) is 17.8 Å². The molecule has 3 aromatic carbocycles. The molecule has 2 aliphatic heterocycles. The molecule has 0 spiro atoms. The summed E-state index contributed by atoms with van der Waals surface area (Å²) in [4.78, 5) is 54.7. The summed E-state index contributed by atoms with van der Waals surface area (Å²) >= 11 is 16.7. The lowest BCUT2D eigenvalue weighted by Crippen LogP contribution is -2.60. The molecule has 0 aromatic heterocycles. The van der Waals surface area contributed by atoms with E-state index in [1.54, 1.807) is 12.1 Å². The Hall–Kier alpha value is -3.48. The number of aromatic hydroxyl groups is 1. The molecule has 4 amide bonds. The van der Waals surface area contributed by atoms with Gasteiger partial charge in [-0.3, -0.25) is 24.1 Å². The quantitative estimate of drug-likeness (QED) is 0.150. The average Bonchev–Trinajstić information content (AvgIpc) is 3.37. The van der Waals surface area contributed by atoms with Gasteiger partial charge in [0, 0.05) is 5.92 Å². The number of ether oxygens (including phenoxy) is 1. The van der Waals surface area contributed by atoms with Crippen molar-refractivity contribution < 1.29 is 33.4 Å². The Morgan fingerprint density at radius 3 is 2.35 bits per heavy atom. The molecule has 0 unspecified atom stereocenters. The fraction of sp³-hybridized carbons (Fsp3) is 0.294. The normalized spacial score (nSPS) is 30.2. The smallest absolute Gasteiger partial charge is 0.258 e. The number of carbonyl (C=O) groups excluding carboxylic acids is 4. The van der Waals surface area contributed by atoms with E-state index in [0.717, 1.165) is 22.6 Å². The SMILES string of the molecule is COc1cc([C@H]2C3=CC[C@@H]4C(=O)N(Cc5ccccc5)C(=O)[C@@H]4[C@@H]3C[C@@]3(Cl)C(=O)N(c4ccc(F)cc4)C(=O)[C@@]23Cl)cc(I)c1O. The molecule has 3 aromatic rings. The molecular weight excluding hydrogens is 749 g/mol. The number of methoxy groups -OCH3 is 1. The van der Waals surface area contributed by atoms with Gasteiger partial charge >= 0.3 is 0 Å². The second-order valence-electron chi connectivity index (χ2n) is 12.1. The summed E-state index contributed by atoms with van der Waals surface area (Å²) in [6, 6.07) is 17.2. The summed E-state index contributed by atoms with van der Waals surface area (Å²) in [5, 5.41) is 10.6. The highest BCUT2D eigenvalue weighted by molar-refractivity contribution is 14.1. The molecule has 2 heterocycles. The number of amides is 4. The van der Waals surface area contributed by atoms with Crippen LogP contribution >= 0.6 is 45.8 Å². The zero-order valence-corrected chi connectivity index (χ0v) is 27.9. The van der Waals surface area contributed by atoms with E-state index in [1.807, 2.05) is 59.0 Å². The Bertz CT molecular complexity index is 1860. The van der Waals surface area contributed by atoms with E-state index < -0.39 is 51.1 Å². The van der Waals surface area contributed by atoms with E-state index in [0.29, 0.717) is 14.7 Å². The van der Waals surface area contributed by atoms with Crippen LogP contribution in [0.4, 0.5) is 10.1 Å². The van der Waals surface area contributed by atoms with Crippen molar-refractivity contribution >= 4 is 75.1 Å². The van der Waals surface area contributed by atoms with Crippen LogP contribution in [0.3, 0.4) is 0 Å². The first-order valence-electron chi connectivity index (χ1n) is 14.6. The van der Waals surface area contributed by atoms with Crippen molar-refractivity contribution in [2.75, 3.05) is 12.0 Å². The Kier molecular flexibility index (Phi) is 7.48. The molecule has 0 bridgehead atoms. The fourth-order valence-electron chi connectivity index (χ4n) is 7.68. The number of benzene rings is 3. The summed E-state index contributed by atoms with van der Waals surface area (Å²) in [6.45, 7) is 0.103. The maximum Gasteiger partial charge on any atom is 0.258 e. The molecule has 236 valence electrons. The predicted molar refractivity (Wildman–Crippen MR) is 176 cm³/mol. The molecule has 4 aliphatic rings. The monoisotopic (exact) mass is 774 g/mol. The molecule has 3 fully saturated rings. The molecule has 0 radical (unpaired) electrons. The standard InChI is InChI=1S/C34H26Cl2FIN2O6/c1-46-25-14-18(13-24(38)28(25)41)27-21-11-12-22-26(30(43)39(29(22)42)16-17-5-3-2-4-6-17)23(21)15-33(35)31(44)40(32(45)34(27,33)36)20-9-7-19(37)8-10-20/h2-11,13-14,22-23,26-27,41H,12,15-16H2,1H3/t22-,23+,26-,27-,33+,34-/m0/s1.